The highest BCUT2D eigenvalue weighted by Gasteiger charge is 2.19. The monoisotopic (exact) mass is 463 g/mol. The van der Waals surface area contributed by atoms with Crippen LogP contribution < -0.4 is 0 Å². The Morgan fingerprint density at radius 1 is 0.444 bits per heavy atom. The Hall–Kier alpha value is -4.82. The lowest BCUT2D eigenvalue weighted by molar-refractivity contribution is 1.24. The van der Waals surface area contributed by atoms with Crippen molar-refractivity contribution in [1.82, 2.24) is 9.97 Å². The van der Waals surface area contributed by atoms with Crippen LogP contribution in [-0.2, 0) is 0 Å². The van der Waals surface area contributed by atoms with Crippen molar-refractivity contribution in [3.8, 4) is 33.8 Å². The molecule has 0 radical (unpaired) electrons. The normalized spacial score (nSPS) is 13.3. The van der Waals surface area contributed by atoms with Gasteiger partial charge in [-0.3, -0.25) is 0 Å². The molecule has 0 atom stereocenters. The van der Waals surface area contributed by atoms with Gasteiger partial charge in [0, 0.05) is 16.5 Å². The topological polar surface area (TPSA) is 25.8 Å². The largest absolute Gasteiger partial charge is 0.228 e. The van der Waals surface area contributed by atoms with E-state index in [1.165, 1.54) is 0 Å². The molecule has 0 fully saturated rings. The van der Waals surface area contributed by atoms with Crippen LogP contribution in [0.15, 0.2) is 133 Å². The first-order valence-corrected chi connectivity index (χ1v) is 11.8. The Balaban J connectivity index is 1.65. The molecule has 0 aliphatic carbocycles. The number of benzene rings is 6. The summed E-state index contributed by atoms with van der Waals surface area (Å²) in [5, 5.41) is 4.15. The summed E-state index contributed by atoms with van der Waals surface area (Å²) in [6, 6.07) is 31.9. The average Bonchev–Trinajstić information content (AvgIpc) is 3.02. The Kier molecular flexibility index (Phi) is 3.74. The predicted molar refractivity (Wildman–Crippen MR) is 151 cm³/mol. The molecule has 1 aromatic heterocycles. The van der Waals surface area contributed by atoms with Crippen LogP contribution in [0.2, 0.25) is 0 Å². The van der Waals surface area contributed by atoms with Crippen molar-refractivity contribution in [2.24, 2.45) is 0 Å². The third-order valence-corrected chi connectivity index (χ3v) is 6.56. The van der Waals surface area contributed by atoms with Crippen molar-refractivity contribution in [1.29, 1.82) is 0 Å². The minimum absolute atomic E-state index is 0.180. The molecule has 0 unspecified atom stereocenters. The molecule has 7 aromatic rings. The Morgan fingerprint density at radius 2 is 0.972 bits per heavy atom. The van der Waals surface area contributed by atoms with Crippen molar-refractivity contribution in [3.63, 3.8) is 0 Å². The number of rotatable bonds is 3. The molecule has 0 saturated heterocycles. The third kappa shape index (κ3) is 3.27. The average molecular weight is 464 g/mol. The number of hydrogen-bond acceptors (Lipinski definition) is 2. The minimum Gasteiger partial charge on any atom is -0.228 e. The van der Waals surface area contributed by atoms with Crippen molar-refractivity contribution in [2.75, 3.05) is 0 Å². The molecule has 2 nitrogen and oxygen atoms in total. The van der Waals surface area contributed by atoms with Crippen LogP contribution in [0.3, 0.4) is 0 Å². The zero-order valence-corrected chi connectivity index (χ0v) is 19.2. The van der Waals surface area contributed by atoms with E-state index in [1.807, 2.05) is 103 Å². The number of nitrogens with zero attached hydrogens (tertiary/aromatic N) is 2. The molecule has 168 valence electrons. The van der Waals surface area contributed by atoms with Gasteiger partial charge >= 0.3 is 0 Å². The van der Waals surface area contributed by atoms with E-state index in [1.54, 1.807) is 0 Å². The molecule has 2 heteroatoms. The molecule has 0 aliphatic rings. The molecule has 36 heavy (non-hydrogen) atoms. The second-order valence-electron chi connectivity index (χ2n) is 8.62. The number of para-hydroxylation sites is 1. The van der Waals surface area contributed by atoms with Crippen LogP contribution in [0, 0.1) is 0 Å². The number of aromatic nitrogens is 2. The van der Waals surface area contributed by atoms with Gasteiger partial charge in [-0.05, 0) is 38.7 Å². The van der Waals surface area contributed by atoms with Crippen molar-refractivity contribution in [3.05, 3.63) is 133 Å². The fourth-order valence-electron chi connectivity index (χ4n) is 5.02. The van der Waals surface area contributed by atoms with E-state index < -0.39 is 6.04 Å². The van der Waals surface area contributed by atoms with Crippen LogP contribution in [0.25, 0.3) is 66.2 Å². The van der Waals surface area contributed by atoms with Crippen LogP contribution >= 0.6 is 0 Å². The van der Waals surface area contributed by atoms with E-state index in [0.29, 0.717) is 11.4 Å². The summed E-state index contributed by atoms with van der Waals surface area (Å²) in [6.07, 6.45) is 0. The van der Waals surface area contributed by atoms with E-state index in [2.05, 4.69) is 0 Å². The van der Waals surface area contributed by atoms with Crippen molar-refractivity contribution in [2.45, 2.75) is 0 Å². The third-order valence-electron chi connectivity index (χ3n) is 6.56. The highest BCUT2D eigenvalue weighted by molar-refractivity contribution is 6.21. The number of hydrogen-bond donors (Lipinski definition) is 0. The maximum atomic E-state index is 8.76. The summed E-state index contributed by atoms with van der Waals surface area (Å²) in [6.45, 7) is 0. The fraction of sp³-hybridized carbons (Fsp3) is 0. The van der Waals surface area contributed by atoms with Gasteiger partial charge in [0.15, 0.2) is 5.82 Å². The van der Waals surface area contributed by atoms with E-state index in [4.69, 9.17) is 16.8 Å². The summed E-state index contributed by atoms with van der Waals surface area (Å²) < 4.78 is 42.3. The maximum absolute atomic E-state index is 8.76. The first-order valence-electron chi connectivity index (χ1n) is 14.3. The van der Waals surface area contributed by atoms with Gasteiger partial charge in [-0.25, -0.2) is 9.97 Å². The summed E-state index contributed by atoms with van der Waals surface area (Å²) in [7, 11) is 0. The molecular weight excluding hydrogens is 436 g/mol. The highest BCUT2D eigenvalue weighted by atomic mass is 14.9. The van der Waals surface area contributed by atoms with Gasteiger partial charge in [-0.15, -0.1) is 0 Å². The van der Waals surface area contributed by atoms with Crippen LogP contribution in [-0.4, -0.2) is 9.97 Å². The lowest BCUT2D eigenvalue weighted by Gasteiger charge is -2.17. The van der Waals surface area contributed by atoms with Crippen molar-refractivity contribution < 1.29 is 6.85 Å². The molecule has 0 amide bonds. The molecule has 0 aliphatic heterocycles. The van der Waals surface area contributed by atoms with Crippen molar-refractivity contribution >= 4 is 32.4 Å². The Morgan fingerprint density at radius 3 is 1.61 bits per heavy atom. The second-order valence-corrected chi connectivity index (χ2v) is 8.62. The Labute approximate surface area is 216 Å². The molecule has 0 saturated carbocycles. The quantitative estimate of drug-likeness (QED) is 0.244. The lowest BCUT2D eigenvalue weighted by atomic mass is 9.88. The maximum Gasteiger partial charge on any atom is 0.161 e. The minimum atomic E-state index is -0.410. The van der Waals surface area contributed by atoms with Crippen LogP contribution in [0.5, 0.6) is 0 Å². The van der Waals surface area contributed by atoms with E-state index in [-0.39, 0.29) is 29.7 Å². The van der Waals surface area contributed by atoms with Gasteiger partial charge in [-0.2, -0.15) is 0 Å². The van der Waals surface area contributed by atoms with Crippen LogP contribution in [0.4, 0.5) is 0 Å². The molecule has 1 heterocycles. The molecule has 7 rings (SSSR count). The lowest BCUT2D eigenvalue weighted by Crippen LogP contribution is -1.98. The summed E-state index contributed by atoms with van der Waals surface area (Å²) in [4.78, 5) is 10.2. The second kappa shape index (κ2) is 8.44. The molecule has 0 bridgehead atoms. The van der Waals surface area contributed by atoms with Gasteiger partial charge in [0.2, 0.25) is 0 Å². The van der Waals surface area contributed by atoms with Gasteiger partial charge in [0.1, 0.15) is 0 Å². The first-order chi connectivity index (χ1) is 20.0. The van der Waals surface area contributed by atoms with E-state index in [9.17, 15) is 0 Å². The zero-order chi connectivity index (χ0) is 28.2. The highest BCUT2D eigenvalue weighted by Crippen LogP contribution is 2.43. The predicted octanol–water partition coefficient (Wildman–Crippen LogP) is 8.94. The summed E-state index contributed by atoms with van der Waals surface area (Å²) in [5.74, 6) is 0.558. The molecule has 0 spiro atoms. The zero-order valence-electron chi connectivity index (χ0n) is 24.2. The molecular formula is C34H22N2. The smallest absolute Gasteiger partial charge is 0.161 e. The molecule has 0 N–H and O–H groups in total. The SMILES string of the molecule is [2H]c1c([2H])c([2H])c(-c2c3ccccc3c(-c3nc(-c4ccccc4)c4ccccc4n3)c3ccccc23)c([2H])c1[2H]. The standard InChI is InChI=1S/C34H22N2/c1-3-13-23(14-4-1)31-25-17-7-9-19-27(25)32(28-20-10-8-18-26(28)31)34-35-30-22-12-11-21-29(30)33(36-34)24-15-5-2-6-16-24/h1-22H/i1D,3D,4D,13D,14D. The van der Waals surface area contributed by atoms with Gasteiger partial charge in [-0.1, -0.05) is 127 Å². The van der Waals surface area contributed by atoms with Gasteiger partial charge < -0.3 is 0 Å². The number of fused-ring (bicyclic) bond motifs is 3. The van der Waals surface area contributed by atoms with E-state index >= 15 is 0 Å². The van der Waals surface area contributed by atoms with E-state index in [0.717, 1.165) is 49.3 Å². The fourth-order valence-corrected chi connectivity index (χ4v) is 5.02. The Bertz CT molecular complexity index is 2070. The first kappa shape index (κ1) is 16.0. The van der Waals surface area contributed by atoms with Gasteiger partial charge in [0.25, 0.3) is 0 Å². The molecule has 6 aromatic carbocycles. The summed E-state index contributed by atoms with van der Waals surface area (Å²) >= 11 is 0. The summed E-state index contributed by atoms with van der Waals surface area (Å²) in [5.41, 5.74) is 4.24. The van der Waals surface area contributed by atoms with Gasteiger partial charge in [0.05, 0.1) is 18.1 Å². The van der Waals surface area contributed by atoms with Crippen LogP contribution in [0.1, 0.15) is 6.85 Å².